The number of hydrogen-bond donors (Lipinski definition) is 2. The minimum absolute atomic E-state index is 0.0132. The number of benzene rings is 2. The summed E-state index contributed by atoms with van der Waals surface area (Å²) < 4.78 is 27.0. The molecule has 2 aromatic rings. The molecule has 0 heterocycles. The lowest BCUT2D eigenvalue weighted by molar-refractivity contribution is 0.191. The van der Waals surface area contributed by atoms with Gasteiger partial charge >= 0.3 is 0 Å². The molecule has 0 aliphatic carbocycles. The topological polar surface area (TPSA) is 32.3 Å². The third kappa shape index (κ3) is 3.26. The van der Waals surface area contributed by atoms with Crippen molar-refractivity contribution in [3.05, 3.63) is 64.2 Å². The molecule has 2 N–H and O–H groups in total. The first-order valence-corrected chi connectivity index (χ1v) is 6.49. The molecule has 0 aromatic heterocycles. The van der Waals surface area contributed by atoms with E-state index in [4.69, 9.17) is 11.6 Å². The second kappa shape index (κ2) is 6.20. The quantitative estimate of drug-likeness (QED) is 0.891. The Morgan fingerprint density at radius 2 is 1.90 bits per heavy atom. The van der Waals surface area contributed by atoms with Crippen LogP contribution in [0.5, 0.6) is 0 Å². The summed E-state index contributed by atoms with van der Waals surface area (Å²) in [5.41, 5.74) is 0.786. The van der Waals surface area contributed by atoms with Crippen molar-refractivity contribution in [2.24, 2.45) is 0 Å². The van der Waals surface area contributed by atoms with Crippen LogP contribution in [0.4, 0.5) is 14.5 Å². The van der Waals surface area contributed by atoms with Crippen LogP contribution in [0.15, 0.2) is 36.4 Å². The minimum atomic E-state index is -0.910. The molecule has 0 saturated heterocycles. The van der Waals surface area contributed by atoms with Gasteiger partial charge in [-0.05, 0) is 24.6 Å². The van der Waals surface area contributed by atoms with Gasteiger partial charge in [-0.3, -0.25) is 0 Å². The van der Waals surface area contributed by atoms with Gasteiger partial charge < -0.3 is 10.4 Å². The van der Waals surface area contributed by atoms with Gasteiger partial charge in [0.1, 0.15) is 11.6 Å². The summed E-state index contributed by atoms with van der Waals surface area (Å²) >= 11 is 5.96. The number of aliphatic hydroxyl groups is 1. The molecule has 2 rings (SSSR count). The fourth-order valence-electron chi connectivity index (χ4n) is 1.84. The standard InChI is InChI=1S/C15H14ClF2NO/c1-9-6-13(18)14(7-12(9)17)19-8-15(20)10-4-2-3-5-11(10)16/h2-7,15,19-20H,8H2,1H3. The normalized spacial score (nSPS) is 12.2. The van der Waals surface area contributed by atoms with Crippen molar-refractivity contribution in [3.63, 3.8) is 0 Å². The molecule has 0 aliphatic heterocycles. The number of rotatable bonds is 4. The molecule has 0 aliphatic rings. The molecule has 0 fully saturated rings. The van der Waals surface area contributed by atoms with Crippen LogP contribution in [0.2, 0.25) is 5.02 Å². The Balaban J connectivity index is 2.09. The van der Waals surface area contributed by atoms with Gasteiger partial charge in [0.05, 0.1) is 11.8 Å². The van der Waals surface area contributed by atoms with Crippen molar-refractivity contribution in [3.8, 4) is 0 Å². The van der Waals surface area contributed by atoms with Crippen molar-refractivity contribution in [1.82, 2.24) is 0 Å². The van der Waals surface area contributed by atoms with Gasteiger partial charge in [-0.15, -0.1) is 0 Å². The van der Waals surface area contributed by atoms with E-state index in [2.05, 4.69) is 5.32 Å². The molecule has 106 valence electrons. The highest BCUT2D eigenvalue weighted by Crippen LogP contribution is 2.24. The Bertz CT molecular complexity index is 619. The predicted octanol–water partition coefficient (Wildman–Crippen LogP) is 4.07. The van der Waals surface area contributed by atoms with Crippen molar-refractivity contribution < 1.29 is 13.9 Å². The monoisotopic (exact) mass is 297 g/mol. The number of halogens is 3. The van der Waals surface area contributed by atoms with Gasteiger partial charge in [0.25, 0.3) is 0 Å². The molecule has 0 bridgehead atoms. The first kappa shape index (κ1) is 14.8. The molecule has 2 nitrogen and oxygen atoms in total. The van der Waals surface area contributed by atoms with Crippen molar-refractivity contribution in [2.75, 3.05) is 11.9 Å². The largest absolute Gasteiger partial charge is 0.387 e. The van der Waals surface area contributed by atoms with E-state index in [-0.39, 0.29) is 17.8 Å². The smallest absolute Gasteiger partial charge is 0.146 e. The van der Waals surface area contributed by atoms with Crippen molar-refractivity contribution >= 4 is 17.3 Å². The summed E-state index contributed by atoms with van der Waals surface area (Å²) in [5.74, 6) is -1.06. The van der Waals surface area contributed by atoms with Crippen LogP contribution in [0.25, 0.3) is 0 Å². The third-order valence-electron chi connectivity index (χ3n) is 3.00. The second-order valence-corrected chi connectivity index (χ2v) is 4.91. The Morgan fingerprint density at radius 3 is 2.60 bits per heavy atom. The van der Waals surface area contributed by atoms with E-state index in [9.17, 15) is 13.9 Å². The Kier molecular flexibility index (Phi) is 4.57. The average molecular weight is 298 g/mol. The van der Waals surface area contributed by atoms with Crippen LogP contribution in [0.3, 0.4) is 0 Å². The van der Waals surface area contributed by atoms with Crippen molar-refractivity contribution in [2.45, 2.75) is 13.0 Å². The second-order valence-electron chi connectivity index (χ2n) is 4.50. The highest BCUT2D eigenvalue weighted by molar-refractivity contribution is 6.31. The fraction of sp³-hybridized carbons (Fsp3) is 0.200. The van der Waals surface area contributed by atoms with E-state index in [0.29, 0.717) is 10.6 Å². The molecule has 5 heteroatoms. The van der Waals surface area contributed by atoms with Crippen LogP contribution in [0.1, 0.15) is 17.2 Å². The maximum absolute atomic E-state index is 13.6. The lowest BCUT2D eigenvalue weighted by Crippen LogP contribution is -2.13. The molecular formula is C15H14ClF2NO. The summed E-state index contributed by atoms with van der Waals surface area (Å²) in [6.45, 7) is 1.52. The van der Waals surface area contributed by atoms with Crippen molar-refractivity contribution in [1.29, 1.82) is 0 Å². The van der Waals surface area contributed by atoms with Crippen LogP contribution in [-0.4, -0.2) is 11.7 Å². The van der Waals surface area contributed by atoms with E-state index in [0.717, 1.165) is 12.1 Å². The highest BCUT2D eigenvalue weighted by Gasteiger charge is 2.13. The predicted molar refractivity (Wildman–Crippen MR) is 76.0 cm³/mol. The summed E-state index contributed by atoms with van der Waals surface area (Å²) in [4.78, 5) is 0. The number of hydrogen-bond acceptors (Lipinski definition) is 2. The van der Waals surface area contributed by atoms with Gasteiger partial charge in [0, 0.05) is 23.2 Å². The van der Waals surface area contributed by atoms with Crippen LogP contribution in [0, 0.1) is 18.6 Å². The SMILES string of the molecule is Cc1cc(F)c(NCC(O)c2ccccc2Cl)cc1F. The minimum Gasteiger partial charge on any atom is -0.387 e. The zero-order valence-corrected chi connectivity index (χ0v) is 11.6. The lowest BCUT2D eigenvalue weighted by atomic mass is 10.1. The molecule has 1 atom stereocenters. The van der Waals surface area contributed by atoms with Crippen LogP contribution in [-0.2, 0) is 0 Å². The van der Waals surface area contributed by atoms with Gasteiger partial charge in [-0.25, -0.2) is 8.78 Å². The Hall–Kier alpha value is -1.65. The summed E-state index contributed by atoms with van der Waals surface area (Å²) in [6.07, 6.45) is -0.910. The van der Waals surface area contributed by atoms with E-state index < -0.39 is 17.7 Å². The first-order chi connectivity index (χ1) is 9.49. The maximum atomic E-state index is 13.6. The first-order valence-electron chi connectivity index (χ1n) is 6.11. The fourth-order valence-corrected chi connectivity index (χ4v) is 2.11. The third-order valence-corrected chi connectivity index (χ3v) is 3.34. The van der Waals surface area contributed by atoms with Crippen LogP contribution < -0.4 is 5.32 Å². The number of anilines is 1. The number of nitrogens with one attached hydrogen (secondary N) is 1. The summed E-state index contributed by atoms with van der Waals surface area (Å²) in [5, 5.41) is 13.1. The molecule has 0 saturated carbocycles. The Morgan fingerprint density at radius 1 is 1.20 bits per heavy atom. The maximum Gasteiger partial charge on any atom is 0.146 e. The van der Waals surface area contributed by atoms with Gasteiger partial charge in [0.15, 0.2) is 0 Å². The van der Waals surface area contributed by atoms with Gasteiger partial charge in [-0.2, -0.15) is 0 Å². The molecule has 1 unspecified atom stereocenters. The zero-order valence-electron chi connectivity index (χ0n) is 10.8. The molecule has 0 radical (unpaired) electrons. The van der Waals surface area contributed by atoms with E-state index in [1.807, 2.05) is 0 Å². The molecular weight excluding hydrogens is 284 g/mol. The lowest BCUT2D eigenvalue weighted by Gasteiger charge is -2.15. The summed E-state index contributed by atoms with van der Waals surface area (Å²) in [6, 6.07) is 9.02. The summed E-state index contributed by atoms with van der Waals surface area (Å²) in [7, 11) is 0. The zero-order chi connectivity index (χ0) is 14.7. The van der Waals surface area contributed by atoms with E-state index in [1.54, 1.807) is 24.3 Å². The van der Waals surface area contributed by atoms with E-state index in [1.165, 1.54) is 6.92 Å². The highest BCUT2D eigenvalue weighted by atomic mass is 35.5. The molecule has 0 spiro atoms. The Labute approximate surface area is 121 Å². The average Bonchev–Trinajstić information content (AvgIpc) is 2.41. The van der Waals surface area contributed by atoms with Crippen LogP contribution >= 0.6 is 11.6 Å². The van der Waals surface area contributed by atoms with Gasteiger partial charge in [0.2, 0.25) is 0 Å². The van der Waals surface area contributed by atoms with Gasteiger partial charge in [-0.1, -0.05) is 29.8 Å². The number of aliphatic hydroxyl groups excluding tert-OH is 1. The van der Waals surface area contributed by atoms with E-state index >= 15 is 0 Å². The molecule has 2 aromatic carbocycles. The molecule has 20 heavy (non-hydrogen) atoms. The number of aryl methyl sites for hydroxylation is 1. The molecule has 0 amide bonds.